The zero-order chi connectivity index (χ0) is 25.8. The highest BCUT2D eigenvalue weighted by atomic mass is 79.9. The van der Waals surface area contributed by atoms with Crippen molar-refractivity contribution >= 4 is 57.3 Å². The lowest BCUT2D eigenvalue weighted by Gasteiger charge is -2.30. The van der Waals surface area contributed by atoms with E-state index >= 15 is 0 Å². The minimum absolute atomic E-state index is 0. The summed E-state index contributed by atoms with van der Waals surface area (Å²) >= 11 is 6.02. The summed E-state index contributed by atoms with van der Waals surface area (Å²) in [6, 6.07) is 2.89. The van der Waals surface area contributed by atoms with Crippen molar-refractivity contribution in [1.82, 2.24) is 20.2 Å². The summed E-state index contributed by atoms with van der Waals surface area (Å²) < 4.78 is 16.5. The van der Waals surface area contributed by atoms with Gasteiger partial charge in [0, 0.05) is 30.4 Å². The number of nitrogens with zero attached hydrogens (tertiary/aromatic N) is 2. The summed E-state index contributed by atoms with van der Waals surface area (Å²) in [7, 11) is 0. The van der Waals surface area contributed by atoms with E-state index in [2.05, 4.69) is 62.5 Å². The number of hydrogen-bond acceptors (Lipinski definition) is 4. The minimum Gasteiger partial charge on any atom is -0.328 e. The molecule has 1 heterocycles. The van der Waals surface area contributed by atoms with E-state index in [1.165, 1.54) is 6.07 Å². The van der Waals surface area contributed by atoms with Crippen LogP contribution in [-0.4, -0.2) is 40.6 Å². The molecule has 0 spiro atoms. The van der Waals surface area contributed by atoms with Gasteiger partial charge in [-0.3, -0.25) is 4.79 Å². The summed E-state index contributed by atoms with van der Waals surface area (Å²) in [5.41, 5.74) is 1.69. The molecule has 210 valence electrons. The third-order valence-electron chi connectivity index (χ3n) is 6.54. The molecule has 1 amide bonds. The van der Waals surface area contributed by atoms with Crippen molar-refractivity contribution in [2.24, 2.45) is 5.41 Å². The Bertz CT molecular complexity index is 1020. The first-order chi connectivity index (χ1) is 16.4. The number of anilines is 1. The molecule has 3 N–H and O–H groups in total. The molecular weight excluding hydrogens is 625 g/mol. The molecule has 0 radical (unpaired) electrons. The number of benzene rings is 1. The van der Waals surface area contributed by atoms with Gasteiger partial charge in [0.25, 0.3) is 0 Å². The van der Waals surface area contributed by atoms with E-state index in [1.807, 2.05) is 16.8 Å². The van der Waals surface area contributed by atoms with Crippen LogP contribution in [0.3, 0.4) is 0 Å². The van der Waals surface area contributed by atoms with Gasteiger partial charge in [0.15, 0.2) is 5.82 Å². The Morgan fingerprint density at radius 1 is 1.22 bits per heavy atom. The number of carbonyl (C=O) groups excluding carboxylic acids is 1. The van der Waals surface area contributed by atoms with Crippen LogP contribution in [0.15, 0.2) is 24.7 Å². The lowest BCUT2D eigenvalue weighted by Crippen LogP contribution is -2.48. The van der Waals surface area contributed by atoms with Crippen molar-refractivity contribution < 1.29 is 9.18 Å². The van der Waals surface area contributed by atoms with Gasteiger partial charge in [-0.15, -0.1) is 34.0 Å². The molecule has 0 saturated carbocycles. The molecule has 1 aromatic carbocycles. The van der Waals surface area contributed by atoms with Gasteiger partial charge in [-0.25, -0.2) is 9.37 Å². The molecule has 3 rings (SSSR count). The molecule has 37 heavy (non-hydrogen) atoms. The number of imidazole rings is 1. The number of nitrogens with one attached hydrogen (secondary N) is 3. The molecule has 1 aliphatic carbocycles. The number of carbonyl (C=O) groups is 1. The molecule has 1 aliphatic rings. The van der Waals surface area contributed by atoms with Gasteiger partial charge in [0.2, 0.25) is 5.91 Å². The monoisotopic (exact) mass is 665 g/mol. The largest absolute Gasteiger partial charge is 0.328 e. The van der Waals surface area contributed by atoms with Crippen LogP contribution in [0, 0.1) is 11.2 Å². The van der Waals surface area contributed by atoms with Crippen LogP contribution in [-0.2, 0) is 23.2 Å². The fourth-order valence-electron chi connectivity index (χ4n) is 4.56. The number of aryl methyl sites for hydroxylation is 1. The third-order valence-corrected chi connectivity index (χ3v) is 6.76. The summed E-state index contributed by atoms with van der Waals surface area (Å²) in [5, 5.41) is 10.4. The smallest absolute Gasteiger partial charge is 0.242 e. The highest BCUT2D eigenvalue weighted by molar-refractivity contribution is 8.93. The number of rotatable bonds is 10. The van der Waals surface area contributed by atoms with Crippen molar-refractivity contribution in [3.8, 4) is 0 Å². The van der Waals surface area contributed by atoms with Crippen LogP contribution in [0.2, 0.25) is 5.02 Å². The van der Waals surface area contributed by atoms with Crippen molar-refractivity contribution in [2.75, 3.05) is 18.4 Å². The summed E-state index contributed by atoms with van der Waals surface area (Å²) in [5.74, 6) is 0.167. The Labute approximate surface area is 247 Å². The Morgan fingerprint density at radius 3 is 2.57 bits per heavy atom. The SMILES string of the molecule is Br.Br.CCCC(NC1CCc2cc(Cl)cc(F)c2C1)C(=O)Nc1cn(C(C)(C)CNCC(C)(C)C)cn1. The average molecular weight is 668 g/mol. The highest BCUT2D eigenvalue weighted by Crippen LogP contribution is 2.28. The molecule has 0 aliphatic heterocycles. The zero-order valence-corrected chi connectivity index (χ0v) is 27.0. The van der Waals surface area contributed by atoms with Crippen molar-refractivity contribution in [3.63, 3.8) is 0 Å². The van der Waals surface area contributed by atoms with Gasteiger partial charge in [0.1, 0.15) is 5.82 Å². The van der Waals surface area contributed by atoms with Gasteiger partial charge >= 0.3 is 0 Å². The van der Waals surface area contributed by atoms with Gasteiger partial charge in [-0.1, -0.05) is 45.7 Å². The maximum atomic E-state index is 14.5. The predicted octanol–water partition coefficient (Wildman–Crippen LogP) is 6.46. The van der Waals surface area contributed by atoms with Crippen LogP contribution in [0.1, 0.15) is 71.9 Å². The van der Waals surface area contributed by atoms with Gasteiger partial charge in [0.05, 0.1) is 17.9 Å². The number of hydrogen-bond donors (Lipinski definition) is 3. The molecule has 2 atom stereocenters. The van der Waals surface area contributed by atoms with Gasteiger partial charge < -0.3 is 20.5 Å². The van der Waals surface area contributed by atoms with Crippen LogP contribution >= 0.6 is 45.6 Å². The molecule has 2 aromatic rings. The standard InChI is InChI=1S/C27H41ClFN5O.2BrH/c1-7-8-23(32-20-10-9-18-11-19(28)12-22(29)21(18)13-20)25(35)33-24-14-34(17-31-24)27(5,6)16-30-15-26(2,3)4;;/h11-12,14,17,20,23,30,32H,7-10,13,15-16H2,1-6H3,(H,33,35);2*1H. The molecule has 10 heteroatoms. The first kappa shape index (κ1) is 34.0. The fraction of sp³-hybridized carbons (Fsp3) is 0.630. The van der Waals surface area contributed by atoms with E-state index in [9.17, 15) is 9.18 Å². The van der Waals surface area contributed by atoms with Crippen LogP contribution in [0.25, 0.3) is 0 Å². The number of halogens is 4. The molecule has 2 unspecified atom stereocenters. The minimum atomic E-state index is -0.367. The number of aromatic nitrogens is 2. The summed E-state index contributed by atoms with van der Waals surface area (Å²) in [6.45, 7) is 14.7. The predicted molar refractivity (Wildman–Crippen MR) is 162 cm³/mol. The average Bonchev–Trinajstić information content (AvgIpc) is 3.22. The molecule has 0 bridgehead atoms. The van der Waals surface area contributed by atoms with Crippen LogP contribution in [0.4, 0.5) is 10.2 Å². The van der Waals surface area contributed by atoms with Gasteiger partial charge in [-0.2, -0.15) is 0 Å². The second-order valence-electron chi connectivity index (χ2n) is 11.6. The Morgan fingerprint density at radius 2 is 1.92 bits per heavy atom. The normalized spacial score (nSPS) is 16.3. The third kappa shape index (κ3) is 9.92. The van der Waals surface area contributed by atoms with Crippen LogP contribution < -0.4 is 16.0 Å². The van der Waals surface area contributed by atoms with E-state index in [-0.39, 0.29) is 68.7 Å². The lowest BCUT2D eigenvalue weighted by molar-refractivity contribution is -0.118. The summed E-state index contributed by atoms with van der Waals surface area (Å²) in [6.07, 6.45) is 7.34. The zero-order valence-electron chi connectivity index (χ0n) is 22.8. The lowest BCUT2D eigenvalue weighted by atomic mass is 9.87. The molecule has 0 saturated heterocycles. The number of amides is 1. The quantitative estimate of drug-likeness (QED) is 0.272. The van der Waals surface area contributed by atoms with E-state index < -0.39 is 0 Å². The maximum Gasteiger partial charge on any atom is 0.242 e. The van der Waals surface area contributed by atoms with Crippen molar-refractivity contribution in [2.45, 2.75) is 91.3 Å². The van der Waals surface area contributed by atoms with Crippen molar-refractivity contribution in [1.29, 1.82) is 0 Å². The summed E-state index contributed by atoms with van der Waals surface area (Å²) in [4.78, 5) is 17.6. The first-order valence-corrected chi connectivity index (χ1v) is 13.0. The van der Waals surface area contributed by atoms with E-state index in [1.54, 1.807) is 6.33 Å². The maximum absolute atomic E-state index is 14.5. The van der Waals surface area contributed by atoms with E-state index in [0.717, 1.165) is 37.9 Å². The molecule has 1 aromatic heterocycles. The van der Waals surface area contributed by atoms with E-state index in [0.29, 0.717) is 29.2 Å². The Hall–Kier alpha value is -1.00. The topological polar surface area (TPSA) is 71.0 Å². The number of fused-ring (bicyclic) bond motifs is 1. The Kier molecular flexibility index (Phi) is 13.2. The van der Waals surface area contributed by atoms with Crippen molar-refractivity contribution in [3.05, 3.63) is 46.6 Å². The second kappa shape index (κ2) is 14.4. The van der Waals surface area contributed by atoms with Crippen LogP contribution in [0.5, 0.6) is 0 Å². The van der Waals surface area contributed by atoms with E-state index in [4.69, 9.17) is 11.6 Å². The second-order valence-corrected chi connectivity index (χ2v) is 12.0. The molecule has 6 nitrogen and oxygen atoms in total. The highest BCUT2D eigenvalue weighted by Gasteiger charge is 2.28. The first-order valence-electron chi connectivity index (χ1n) is 12.7. The molecule has 0 fully saturated rings. The fourth-order valence-corrected chi connectivity index (χ4v) is 4.79. The molecular formula is C27H43Br2ClFN5O. The van der Waals surface area contributed by atoms with Gasteiger partial charge in [-0.05, 0) is 68.2 Å². The Balaban J connectivity index is 0.00000342.